The molecule has 0 aliphatic rings. The van der Waals surface area contributed by atoms with Crippen LogP contribution in [0.3, 0.4) is 0 Å². The summed E-state index contributed by atoms with van der Waals surface area (Å²) in [5.74, 6) is -3.23. The molecule has 0 fully saturated rings. The minimum Gasteiger partial charge on any atom is -0.497 e. The van der Waals surface area contributed by atoms with E-state index in [4.69, 9.17) is 9.84 Å². The molecule has 0 bridgehead atoms. The van der Waals surface area contributed by atoms with Crippen LogP contribution in [0, 0.1) is 5.82 Å². The van der Waals surface area contributed by atoms with E-state index in [9.17, 15) is 17.6 Å². The maximum absolute atomic E-state index is 13.2. The van der Waals surface area contributed by atoms with Gasteiger partial charge in [0.1, 0.15) is 11.6 Å². The average molecular weight is 263 g/mol. The Bertz CT molecular complexity index is 528. The van der Waals surface area contributed by atoms with Crippen molar-refractivity contribution in [2.75, 3.05) is 17.6 Å². The Morgan fingerprint density at radius 1 is 1.53 bits per heavy atom. The van der Waals surface area contributed by atoms with Crippen molar-refractivity contribution in [1.29, 1.82) is 0 Å². The molecule has 8 heteroatoms. The molecule has 94 valence electrons. The first-order valence-corrected chi connectivity index (χ1v) is 6.05. The van der Waals surface area contributed by atoms with Crippen LogP contribution in [0.5, 0.6) is 5.75 Å². The smallest absolute Gasteiger partial charge is 0.320 e. The van der Waals surface area contributed by atoms with Crippen LogP contribution in [0.4, 0.5) is 10.1 Å². The van der Waals surface area contributed by atoms with Gasteiger partial charge in [0.05, 0.1) is 12.8 Å². The van der Waals surface area contributed by atoms with E-state index in [0.717, 1.165) is 12.1 Å². The minimum absolute atomic E-state index is 0.249. The van der Waals surface area contributed by atoms with Gasteiger partial charge in [-0.25, -0.2) is 12.8 Å². The van der Waals surface area contributed by atoms with Gasteiger partial charge in [-0.3, -0.25) is 9.52 Å². The SMILES string of the molecule is COc1ccc(F)c(NS(=O)(=O)CC(=O)O)c1. The van der Waals surface area contributed by atoms with E-state index >= 15 is 0 Å². The largest absolute Gasteiger partial charge is 0.497 e. The molecule has 0 unspecified atom stereocenters. The number of hydrogen-bond acceptors (Lipinski definition) is 4. The highest BCUT2D eigenvalue weighted by Gasteiger charge is 2.17. The van der Waals surface area contributed by atoms with E-state index in [2.05, 4.69) is 0 Å². The lowest BCUT2D eigenvalue weighted by Gasteiger charge is -2.08. The van der Waals surface area contributed by atoms with E-state index in [1.807, 2.05) is 4.72 Å². The van der Waals surface area contributed by atoms with Crippen molar-refractivity contribution in [3.8, 4) is 5.75 Å². The number of anilines is 1. The van der Waals surface area contributed by atoms with Crippen molar-refractivity contribution in [3.05, 3.63) is 24.0 Å². The molecule has 0 aromatic heterocycles. The van der Waals surface area contributed by atoms with Gasteiger partial charge in [-0.1, -0.05) is 0 Å². The summed E-state index contributed by atoms with van der Waals surface area (Å²) in [6.45, 7) is 0. The highest BCUT2D eigenvalue weighted by molar-refractivity contribution is 7.93. The molecular formula is C9H10FNO5S. The summed E-state index contributed by atoms with van der Waals surface area (Å²) in [6, 6.07) is 3.44. The number of carboxylic acids is 1. The number of benzene rings is 1. The van der Waals surface area contributed by atoms with Gasteiger partial charge < -0.3 is 9.84 Å². The molecule has 0 radical (unpaired) electrons. The van der Waals surface area contributed by atoms with Crippen LogP contribution in [-0.4, -0.2) is 32.4 Å². The van der Waals surface area contributed by atoms with E-state index in [0.29, 0.717) is 0 Å². The highest BCUT2D eigenvalue weighted by Crippen LogP contribution is 2.21. The van der Waals surface area contributed by atoms with Crippen molar-refractivity contribution < 1.29 is 27.4 Å². The molecule has 0 aliphatic heterocycles. The standard InChI is InChI=1S/C9H10FNO5S/c1-16-6-2-3-7(10)8(4-6)11-17(14,15)5-9(12)13/h2-4,11H,5H2,1H3,(H,12,13). The summed E-state index contributed by atoms with van der Waals surface area (Å²) in [6.07, 6.45) is 0. The molecule has 6 nitrogen and oxygen atoms in total. The molecule has 17 heavy (non-hydrogen) atoms. The van der Waals surface area contributed by atoms with Gasteiger partial charge in [-0.05, 0) is 12.1 Å². The van der Waals surface area contributed by atoms with Crippen LogP contribution in [0.2, 0.25) is 0 Å². The van der Waals surface area contributed by atoms with Gasteiger partial charge in [-0.2, -0.15) is 0 Å². The topological polar surface area (TPSA) is 92.7 Å². The molecule has 1 aromatic carbocycles. The molecule has 0 saturated carbocycles. The number of hydrogen-bond donors (Lipinski definition) is 2. The lowest BCUT2D eigenvalue weighted by Crippen LogP contribution is -2.22. The fraction of sp³-hybridized carbons (Fsp3) is 0.222. The van der Waals surface area contributed by atoms with Crippen molar-refractivity contribution in [2.45, 2.75) is 0 Å². The van der Waals surface area contributed by atoms with Gasteiger partial charge in [0, 0.05) is 6.07 Å². The Morgan fingerprint density at radius 3 is 2.71 bits per heavy atom. The fourth-order valence-corrected chi connectivity index (χ4v) is 1.96. The van der Waals surface area contributed by atoms with E-state index in [1.54, 1.807) is 0 Å². The normalized spacial score (nSPS) is 10.9. The number of ether oxygens (including phenoxy) is 1. The first-order chi connectivity index (χ1) is 7.84. The third-order valence-corrected chi connectivity index (χ3v) is 2.91. The van der Waals surface area contributed by atoms with Gasteiger partial charge in [-0.15, -0.1) is 0 Å². The monoisotopic (exact) mass is 263 g/mol. The zero-order valence-electron chi connectivity index (χ0n) is 8.81. The summed E-state index contributed by atoms with van der Waals surface area (Å²) in [5, 5.41) is 8.36. The first kappa shape index (κ1) is 13.2. The Hall–Kier alpha value is -1.83. The number of aliphatic carboxylic acids is 1. The summed E-state index contributed by atoms with van der Waals surface area (Å²) in [5.41, 5.74) is -0.356. The summed E-state index contributed by atoms with van der Waals surface area (Å²) in [4.78, 5) is 10.3. The highest BCUT2D eigenvalue weighted by atomic mass is 32.2. The Morgan fingerprint density at radius 2 is 2.18 bits per heavy atom. The third-order valence-electron chi connectivity index (χ3n) is 1.75. The second-order valence-corrected chi connectivity index (χ2v) is 4.82. The molecule has 0 heterocycles. The zero-order chi connectivity index (χ0) is 13.1. The lowest BCUT2D eigenvalue weighted by atomic mass is 10.3. The molecule has 1 rings (SSSR count). The molecule has 0 atom stereocenters. The molecule has 0 saturated heterocycles. The van der Waals surface area contributed by atoms with Crippen molar-refractivity contribution >= 4 is 21.7 Å². The quantitative estimate of drug-likeness (QED) is 0.814. The number of methoxy groups -OCH3 is 1. The second kappa shape index (κ2) is 5.00. The van der Waals surface area contributed by atoms with Crippen molar-refractivity contribution in [3.63, 3.8) is 0 Å². The average Bonchev–Trinajstić information content (AvgIpc) is 2.19. The Labute approximate surface area is 97.1 Å². The Balaban J connectivity index is 2.98. The number of halogens is 1. The minimum atomic E-state index is -4.13. The summed E-state index contributed by atoms with van der Waals surface area (Å²) < 4.78 is 42.4. The molecule has 2 N–H and O–H groups in total. The molecular weight excluding hydrogens is 253 g/mol. The van der Waals surface area contributed by atoms with Crippen LogP contribution >= 0.6 is 0 Å². The molecule has 0 aliphatic carbocycles. The van der Waals surface area contributed by atoms with Crippen LogP contribution < -0.4 is 9.46 Å². The Kier molecular flexibility index (Phi) is 3.89. The molecule has 0 amide bonds. The maximum Gasteiger partial charge on any atom is 0.320 e. The molecule has 0 spiro atoms. The second-order valence-electron chi connectivity index (χ2n) is 3.10. The van der Waals surface area contributed by atoms with Crippen LogP contribution in [0.1, 0.15) is 0 Å². The maximum atomic E-state index is 13.2. The number of nitrogens with one attached hydrogen (secondary N) is 1. The number of sulfonamides is 1. The van der Waals surface area contributed by atoms with Gasteiger partial charge >= 0.3 is 5.97 Å². The van der Waals surface area contributed by atoms with E-state index < -0.39 is 27.6 Å². The number of rotatable bonds is 5. The summed E-state index contributed by atoms with van der Waals surface area (Å²) in [7, 11) is -2.79. The van der Waals surface area contributed by atoms with Crippen LogP contribution in [0.15, 0.2) is 18.2 Å². The summed E-state index contributed by atoms with van der Waals surface area (Å²) >= 11 is 0. The van der Waals surface area contributed by atoms with Gasteiger partial charge in [0.15, 0.2) is 5.75 Å². The molecule has 1 aromatic rings. The number of carbonyl (C=O) groups is 1. The fourth-order valence-electron chi connectivity index (χ4n) is 1.08. The van der Waals surface area contributed by atoms with Crippen molar-refractivity contribution in [1.82, 2.24) is 0 Å². The van der Waals surface area contributed by atoms with Gasteiger partial charge in [0.2, 0.25) is 10.0 Å². The van der Waals surface area contributed by atoms with Crippen LogP contribution in [0.25, 0.3) is 0 Å². The third kappa shape index (κ3) is 3.91. The van der Waals surface area contributed by atoms with E-state index in [-0.39, 0.29) is 11.4 Å². The lowest BCUT2D eigenvalue weighted by molar-refractivity contribution is -0.134. The predicted molar refractivity (Wildman–Crippen MR) is 58.0 cm³/mol. The van der Waals surface area contributed by atoms with Crippen LogP contribution in [-0.2, 0) is 14.8 Å². The van der Waals surface area contributed by atoms with Gasteiger partial charge in [0.25, 0.3) is 0 Å². The van der Waals surface area contributed by atoms with E-state index in [1.165, 1.54) is 13.2 Å². The first-order valence-electron chi connectivity index (χ1n) is 4.40. The number of carboxylic acid groups (broad SMARTS) is 1. The zero-order valence-corrected chi connectivity index (χ0v) is 9.62. The predicted octanol–water partition coefficient (Wildman–Crippen LogP) is 0.661. The van der Waals surface area contributed by atoms with Crippen molar-refractivity contribution in [2.24, 2.45) is 0 Å².